The minimum Gasteiger partial charge on any atom is -0.352 e. The summed E-state index contributed by atoms with van der Waals surface area (Å²) in [6, 6.07) is 11.9. The van der Waals surface area contributed by atoms with Gasteiger partial charge in [-0.3, -0.25) is 9.78 Å². The van der Waals surface area contributed by atoms with Crippen LogP contribution in [0.15, 0.2) is 64.7 Å². The van der Waals surface area contributed by atoms with Gasteiger partial charge in [0.2, 0.25) is 0 Å². The highest BCUT2D eigenvalue weighted by Gasteiger charge is 2.12. The minimum atomic E-state index is 0.158. The number of fused-ring (bicyclic) bond motifs is 1. The Bertz CT molecular complexity index is 1200. The highest BCUT2D eigenvalue weighted by molar-refractivity contribution is 6.13. The summed E-state index contributed by atoms with van der Waals surface area (Å²) in [5, 5.41) is 4.13. The third-order valence-electron chi connectivity index (χ3n) is 5.77. The Morgan fingerprint density at radius 2 is 2.12 bits per heavy atom. The molecule has 0 radical (unpaired) electrons. The zero-order valence-electron chi connectivity index (χ0n) is 19.4. The van der Waals surface area contributed by atoms with E-state index in [0.29, 0.717) is 12.1 Å². The van der Waals surface area contributed by atoms with E-state index in [9.17, 15) is 4.79 Å². The lowest BCUT2D eigenvalue weighted by Gasteiger charge is -2.08. The Kier molecular flexibility index (Phi) is 7.58. The van der Waals surface area contributed by atoms with Gasteiger partial charge >= 0.3 is 0 Å². The molecule has 3 heterocycles. The number of aromatic nitrogens is 2. The van der Waals surface area contributed by atoms with Gasteiger partial charge in [-0.05, 0) is 88.2 Å². The second-order valence-electron chi connectivity index (χ2n) is 8.43. The van der Waals surface area contributed by atoms with Gasteiger partial charge in [0.25, 0.3) is 0 Å². The topological polar surface area (TPSA) is 82.5 Å². The van der Waals surface area contributed by atoms with Crippen molar-refractivity contribution in [1.82, 2.24) is 15.3 Å². The molecule has 4 rings (SSSR count). The van der Waals surface area contributed by atoms with Gasteiger partial charge in [0, 0.05) is 29.9 Å². The molecular formula is C27H31N5O. The van der Waals surface area contributed by atoms with Gasteiger partial charge in [-0.2, -0.15) is 0 Å². The molecule has 0 aliphatic carbocycles. The summed E-state index contributed by atoms with van der Waals surface area (Å²) in [6.45, 7) is 2.98. The number of hydrogen-bond acceptors (Lipinski definition) is 4. The normalized spacial score (nSPS) is 16.4. The molecule has 2 N–H and O–H groups in total. The van der Waals surface area contributed by atoms with Crippen molar-refractivity contribution in [3.05, 3.63) is 71.7 Å². The van der Waals surface area contributed by atoms with Crippen molar-refractivity contribution in [2.24, 2.45) is 9.98 Å². The maximum Gasteiger partial charge on any atom is 0.179 e. The molecule has 0 amide bonds. The van der Waals surface area contributed by atoms with Crippen molar-refractivity contribution in [3.63, 3.8) is 0 Å². The molecule has 1 aromatic carbocycles. The summed E-state index contributed by atoms with van der Waals surface area (Å²) in [6.07, 6.45) is 11.2. The van der Waals surface area contributed by atoms with Crippen molar-refractivity contribution in [2.75, 3.05) is 13.6 Å². The fourth-order valence-electron chi connectivity index (χ4n) is 4.03. The Balaban J connectivity index is 1.61. The van der Waals surface area contributed by atoms with Crippen LogP contribution in [0.1, 0.15) is 60.3 Å². The fourth-order valence-corrected chi connectivity index (χ4v) is 4.03. The van der Waals surface area contributed by atoms with Crippen molar-refractivity contribution >= 4 is 33.9 Å². The number of rotatable bonds is 8. The van der Waals surface area contributed by atoms with Crippen LogP contribution in [-0.2, 0) is 0 Å². The van der Waals surface area contributed by atoms with Crippen molar-refractivity contribution in [1.29, 1.82) is 0 Å². The van der Waals surface area contributed by atoms with E-state index in [1.165, 1.54) is 0 Å². The molecule has 0 saturated heterocycles. The first kappa shape index (κ1) is 22.8. The van der Waals surface area contributed by atoms with Crippen molar-refractivity contribution in [2.45, 2.75) is 45.4 Å². The lowest BCUT2D eigenvalue weighted by Crippen LogP contribution is -2.08. The maximum atomic E-state index is 12.6. The van der Waals surface area contributed by atoms with Crippen LogP contribution >= 0.6 is 0 Å². The van der Waals surface area contributed by atoms with Crippen LogP contribution in [-0.4, -0.2) is 40.9 Å². The highest BCUT2D eigenvalue weighted by Crippen LogP contribution is 2.27. The van der Waals surface area contributed by atoms with E-state index in [0.717, 1.165) is 78.0 Å². The number of Topliss-reactive ketones (excluding diaryl/α,β-unsaturated/α-hetero) is 1. The number of benzene rings is 1. The summed E-state index contributed by atoms with van der Waals surface area (Å²) in [5.74, 6) is 0.959. The molecule has 0 saturated carbocycles. The molecule has 0 unspecified atom stereocenters. The zero-order valence-corrected chi connectivity index (χ0v) is 19.4. The summed E-state index contributed by atoms with van der Waals surface area (Å²) in [7, 11) is 1.93. The van der Waals surface area contributed by atoms with E-state index < -0.39 is 0 Å². The largest absolute Gasteiger partial charge is 0.352 e. The molecule has 0 bridgehead atoms. The van der Waals surface area contributed by atoms with Crippen LogP contribution in [0.25, 0.3) is 10.9 Å². The van der Waals surface area contributed by atoms with E-state index in [1.54, 1.807) is 6.20 Å². The van der Waals surface area contributed by atoms with Crippen LogP contribution in [0.3, 0.4) is 0 Å². The molecule has 0 fully saturated rings. The van der Waals surface area contributed by atoms with Crippen LogP contribution in [0, 0.1) is 6.92 Å². The Morgan fingerprint density at radius 3 is 2.94 bits per heavy atom. The second kappa shape index (κ2) is 11.0. The van der Waals surface area contributed by atoms with Crippen LogP contribution in [0.5, 0.6) is 0 Å². The summed E-state index contributed by atoms with van der Waals surface area (Å²) in [4.78, 5) is 30.1. The Hall–Kier alpha value is -3.38. The average molecular weight is 442 g/mol. The number of amidine groups is 1. The van der Waals surface area contributed by atoms with Crippen molar-refractivity contribution < 1.29 is 4.79 Å². The fraction of sp³-hybridized carbons (Fsp3) is 0.333. The number of hydrogen-bond donors (Lipinski definition) is 2. The second-order valence-corrected chi connectivity index (χ2v) is 8.43. The molecule has 0 spiro atoms. The molecule has 3 aromatic rings. The van der Waals surface area contributed by atoms with Gasteiger partial charge in [0.05, 0.1) is 22.8 Å². The van der Waals surface area contributed by atoms with Gasteiger partial charge in [-0.1, -0.05) is 12.1 Å². The van der Waals surface area contributed by atoms with Gasteiger partial charge < -0.3 is 10.3 Å². The number of H-pyrrole nitrogens is 1. The van der Waals surface area contributed by atoms with E-state index in [4.69, 9.17) is 9.98 Å². The van der Waals surface area contributed by atoms with Crippen LogP contribution < -0.4 is 5.32 Å². The van der Waals surface area contributed by atoms with Crippen LogP contribution in [0.4, 0.5) is 5.69 Å². The number of allylic oxidation sites excluding steroid dienone is 2. The standard InChI is InChI=1S/C27H31N5O/c1-19-16-21(17-20-18-24(32-27(19)20)25(33)12-7-8-14-28-2)30-26-13-5-3-4-11-23(31-26)22-10-6-9-15-29-22/h4,6,9-11,15-18,28,32H,3,5,7-8,12-14H2,1-2H3/b11-4-,30-26?,31-23?. The van der Waals surface area contributed by atoms with Gasteiger partial charge in [-0.25, -0.2) is 9.98 Å². The predicted molar refractivity (Wildman–Crippen MR) is 136 cm³/mol. The zero-order chi connectivity index (χ0) is 23.0. The SMILES string of the molecule is CNCCCCC(=O)c1cc2cc(N=C3CCC/C=C\C(c4ccccn4)=N3)cc(C)c2[nH]1. The van der Waals surface area contributed by atoms with Crippen molar-refractivity contribution in [3.8, 4) is 0 Å². The molecule has 6 heteroatoms. The van der Waals surface area contributed by atoms with E-state index in [1.807, 2.05) is 50.4 Å². The number of nitrogens with one attached hydrogen (secondary N) is 2. The third-order valence-corrected chi connectivity index (χ3v) is 5.77. The molecule has 6 nitrogen and oxygen atoms in total. The predicted octanol–water partition coefficient (Wildman–Crippen LogP) is 5.70. The quantitative estimate of drug-likeness (QED) is 0.347. The summed E-state index contributed by atoms with van der Waals surface area (Å²) in [5.41, 5.74) is 5.28. The first-order valence-electron chi connectivity index (χ1n) is 11.7. The number of carbonyl (C=O) groups excluding carboxylic acids is 1. The summed E-state index contributed by atoms with van der Waals surface area (Å²) < 4.78 is 0. The number of ketones is 1. The number of carbonyl (C=O) groups is 1. The highest BCUT2D eigenvalue weighted by atomic mass is 16.1. The summed E-state index contributed by atoms with van der Waals surface area (Å²) >= 11 is 0. The van der Waals surface area contributed by atoms with E-state index in [-0.39, 0.29) is 5.78 Å². The molecule has 1 aliphatic rings. The number of unbranched alkanes of at least 4 members (excludes halogenated alkanes) is 1. The number of nitrogens with zero attached hydrogens (tertiary/aromatic N) is 3. The number of pyridine rings is 1. The van der Waals surface area contributed by atoms with Crippen LogP contribution in [0.2, 0.25) is 0 Å². The number of aromatic amines is 1. The molecule has 33 heavy (non-hydrogen) atoms. The third kappa shape index (κ3) is 5.90. The molecule has 2 aromatic heterocycles. The number of aryl methyl sites for hydroxylation is 1. The lowest BCUT2D eigenvalue weighted by molar-refractivity contribution is 0.0975. The Morgan fingerprint density at radius 1 is 1.21 bits per heavy atom. The van der Waals surface area contributed by atoms with Gasteiger partial charge in [0.1, 0.15) is 5.84 Å². The molecule has 170 valence electrons. The molecule has 1 aliphatic heterocycles. The van der Waals surface area contributed by atoms with E-state index >= 15 is 0 Å². The lowest BCUT2D eigenvalue weighted by atomic mass is 10.1. The van der Waals surface area contributed by atoms with E-state index in [2.05, 4.69) is 27.4 Å². The first-order chi connectivity index (χ1) is 16.1. The monoisotopic (exact) mass is 441 g/mol. The first-order valence-corrected chi connectivity index (χ1v) is 11.7. The molecular weight excluding hydrogens is 410 g/mol. The average Bonchev–Trinajstić information content (AvgIpc) is 3.24. The van der Waals surface area contributed by atoms with Gasteiger partial charge in [0.15, 0.2) is 5.78 Å². The molecule has 0 atom stereocenters. The minimum absolute atomic E-state index is 0.158. The number of aliphatic imine (C=N–C) groups is 2. The smallest absolute Gasteiger partial charge is 0.179 e. The van der Waals surface area contributed by atoms with Gasteiger partial charge in [-0.15, -0.1) is 0 Å². The maximum absolute atomic E-state index is 12.6. The Labute approximate surface area is 195 Å².